The van der Waals surface area contributed by atoms with Crippen LogP contribution in [-0.2, 0) is 9.53 Å². The fourth-order valence-electron chi connectivity index (χ4n) is 1.64. The third-order valence-corrected chi connectivity index (χ3v) is 2.84. The smallest absolute Gasteiger partial charge is 0.317 e. The molecule has 0 heterocycles. The number of hydrogen-bond donors (Lipinski definition) is 2. The number of carbonyl (C=O) groups excluding carboxylic acids is 1. The Morgan fingerprint density at radius 3 is 2.47 bits per heavy atom. The number of carboxylic acid groups (broad SMARTS) is 1. The third kappa shape index (κ3) is 8.42. The van der Waals surface area contributed by atoms with Crippen molar-refractivity contribution in [3.8, 4) is 0 Å². The van der Waals surface area contributed by atoms with E-state index < -0.39 is 5.97 Å². The van der Waals surface area contributed by atoms with Crippen molar-refractivity contribution in [3.05, 3.63) is 0 Å². The number of rotatable bonds is 9. The van der Waals surface area contributed by atoms with Gasteiger partial charge in [-0.15, -0.1) is 0 Å². The van der Waals surface area contributed by atoms with Gasteiger partial charge in [-0.3, -0.25) is 4.79 Å². The molecule has 6 heteroatoms. The predicted octanol–water partition coefficient (Wildman–Crippen LogP) is 1.55. The minimum absolute atomic E-state index is 0.0442. The Kier molecular flexibility index (Phi) is 8.95. The quantitative estimate of drug-likeness (QED) is 0.668. The Morgan fingerprint density at radius 1 is 1.37 bits per heavy atom. The molecular formula is C13H26N2O4. The molecule has 2 amide bonds. The minimum atomic E-state index is -0.907. The number of hydrogen-bond acceptors (Lipinski definition) is 3. The minimum Gasteiger partial charge on any atom is -0.481 e. The van der Waals surface area contributed by atoms with E-state index in [1.165, 1.54) is 4.90 Å². The van der Waals surface area contributed by atoms with E-state index >= 15 is 0 Å². The largest absolute Gasteiger partial charge is 0.481 e. The number of amides is 2. The summed E-state index contributed by atoms with van der Waals surface area (Å²) >= 11 is 0. The van der Waals surface area contributed by atoms with Crippen molar-refractivity contribution in [2.45, 2.75) is 39.7 Å². The van der Waals surface area contributed by atoms with Crippen molar-refractivity contribution < 1.29 is 19.4 Å². The molecule has 0 radical (unpaired) electrons. The van der Waals surface area contributed by atoms with Gasteiger partial charge in [-0.05, 0) is 19.3 Å². The van der Waals surface area contributed by atoms with E-state index in [2.05, 4.69) is 19.2 Å². The molecule has 0 rings (SSSR count). The standard InChI is InChI=1S/C13H26N2O4/c1-5-19-11(10(2)3)6-8-14-13(18)15(4)9-7-12(16)17/h10-11H,5-9H2,1-4H3,(H,14,18)(H,16,17). The molecule has 0 aromatic carbocycles. The zero-order valence-electron chi connectivity index (χ0n) is 12.3. The van der Waals surface area contributed by atoms with Gasteiger partial charge in [-0.2, -0.15) is 0 Å². The monoisotopic (exact) mass is 274 g/mol. The van der Waals surface area contributed by atoms with Gasteiger partial charge in [0.1, 0.15) is 0 Å². The molecule has 112 valence electrons. The Morgan fingerprint density at radius 2 is 2.00 bits per heavy atom. The van der Waals surface area contributed by atoms with Crippen LogP contribution in [0.4, 0.5) is 4.79 Å². The van der Waals surface area contributed by atoms with Crippen LogP contribution in [0.15, 0.2) is 0 Å². The third-order valence-electron chi connectivity index (χ3n) is 2.84. The summed E-state index contributed by atoms with van der Waals surface area (Å²) in [4.78, 5) is 23.4. The maximum Gasteiger partial charge on any atom is 0.317 e. The SMILES string of the molecule is CCOC(CCNC(=O)N(C)CCC(=O)O)C(C)C. The van der Waals surface area contributed by atoms with Crippen LogP contribution in [0.25, 0.3) is 0 Å². The van der Waals surface area contributed by atoms with E-state index in [-0.39, 0.29) is 25.1 Å². The Balaban J connectivity index is 3.91. The van der Waals surface area contributed by atoms with Gasteiger partial charge in [-0.1, -0.05) is 13.8 Å². The maximum absolute atomic E-state index is 11.6. The molecule has 6 nitrogen and oxygen atoms in total. The van der Waals surface area contributed by atoms with Gasteiger partial charge in [0.05, 0.1) is 12.5 Å². The second-order valence-corrected chi connectivity index (χ2v) is 4.82. The second kappa shape index (κ2) is 9.61. The van der Waals surface area contributed by atoms with Crippen LogP contribution in [0.3, 0.4) is 0 Å². The van der Waals surface area contributed by atoms with Crippen LogP contribution in [0.1, 0.15) is 33.6 Å². The zero-order chi connectivity index (χ0) is 14.8. The van der Waals surface area contributed by atoms with Crippen molar-refractivity contribution in [3.63, 3.8) is 0 Å². The molecular weight excluding hydrogens is 248 g/mol. The number of ether oxygens (including phenoxy) is 1. The van der Waals surface area contributed by atoms with Crippen LogP contribution < -0.4 is 5.32 Å². The molecule has 0 saturated carbocycles. The van der Waals surface area contributed by atoms with Crippen molar-refractivity contribution in [2.24, 2.45) is 5.92 Å². The first kappa shape index (κ1) is 17.7. The summed E-state index contributed by atoms with van der Waals surface area (Å²) in [5.41, 5.74) is 0. The average Bonchev–Trinajstić information content (AvgIpc) is 2.34. The molecule has 0 aliphatic heterocycles. The molecule has 0 aromatic heterocycles. The fraction of sp³-hybridized carbons (Fsp3) is 0.846. The molecule has 0 spiro atoms. The van der Waals surface area contributed by atoms with E-state index in [1.54, 1.807) is 7.05 Å². The van der Waals surface area contributed by atoms with Crippen LogP contribution in [-0.4, -0.2) is 54.9 Å². The topological polar surface area (TPSA) is 78.9 Å². The fourth-order valence-corrected chi connectivity index (χ4v) is 1.64. The van der Waals surface area contributed by atoms with Gasteiger partial charge in [0, 0.05) is 26.7 Å². The highest BCUT2D eigenvalue weighted by Crippen LogP contribution is 2.09. The molecule has 0 fully saturated rings. The molecule has 1 atom stereocenters. The van der Waals surface area contributed by atoms with Gasteiger partial charge < -0.3 is 20.1 Å². The highest BCUT2D eigenvalue weighted by Gasteiger charge is 2.14. The summed E-state index contributed by atoms with van der Waals surface area (Å²) in [5.74, 6) is -0.502. The summed E-state index contributed by atoms with van der Waals surface area (Å²) < 4.78 is 5.58. The normalized spacial score (nSPS) is 12.3. The van der Waals surface area contributed by atoms with Gasteiger partial charge in [0.2, 0.25) is 0 Å². The van der Waals surface area contributed by atoms with Crippen molar-refractivity contribution in [1.82, 2.24) is 10.2 Å². The van der Waals surface area contributed by atoms with Gasteiger partial charge in [-0.25, -0.2) is 4.79 Å². The van der Waals surface area contributed by atoms with Crippen molar-refractivity contribution in [1.29, 1.82) is 0 Å². The lowest BCUT2D eigenvalue weighted by atomic mass is 10.0. The molecule has 19 heavy (non-hydrogen) atoms. The van der Waals surface area contributed by atoms with Crippen molar-refractivity contribution >= 4 is 12.0 Å². The summed E-state index contributed by atoms with van der Waals surface area (Å²) in [5, 5.41) is 11.3. The van der Waals surface area contributed by atoms with Gasteiger partial charge in [0.15, 0.2) is 0 Å². The highest BCUT2D eigenvalue weighted by molar-refractivity contribution is 5.74. The van der Waals surface area contributed by atoms with E-state index in [1.807, 2.05) is 6.92 Å². The molecule has 0 aliphatic carbocycles. The van der Waals surface area contributed by atoms with Gasteiger partial charge in [0.25, 0.3) is 0 Å². The zero-order valence-corrected chi connectivity index (χ0v) is 12.3. The summed E-state index contributed by atoms with van der Waals surface area (Å²) in [7, 11) is 1.58. The number of nitrogens with zero attached hydrogens (tertiary/aromatic N) is 1. The number of aliphatic carboxylic acids is 1. The molecule has 1 unspecified atom stereocenters. The Labute approximate surface area is 115 Å². The summed E-state index contributed by atoms with van der Waals surface area (Å²) in [6, 6.07) is -0.250. The summed E-state index contributed by atoms with van der Waals surface area (Å²) in [6.45, 7) is 7.52. The molecule has 0 saturated heterocycles. The summed E-state index contributed by atoms with van der Waals surface area (Å²) in [6.07, 6.45) is 0.844. The van der Waals surface area contributed by atoms with Crippen LogP contribution in [0.2, 0.25) is 0 Å². The molecule has 0 aromatic rings. The average molecular weight is 274 g/mol. The van der Waals surface area contributed by atoms with Crippen molar-refractivity contribution in [2.75, 3.05) is 26.7 Å². The molecule has 2 N–H and O–H groups in total. The predicted molar refractivity (Wildman–Crippen MR) is 73.2 cm³/mol. The van der Waals surface area contributed by atoms with E-state index in [0.29, 0.717) is 19.1 Å². The number of carboxylic acids is 1. The lowest BCUT2D eigenvalue weighted by Gasteiger charge is -2.22. The highest BCUT2D eigenvalue weighted by atomic mass is 16.5. The van der Waals surface area contributed by atoms with E-state index in [4.69, 9.17) is 9.84 Å². The van der Waals surface area contributed by atoms with Crippen LogP contribution >= 0.6 is 0 Å². The lowest BCUT2D eigenvalue weighted by molar-refractivity contribution is -0.137. The van der Waals surface area contributed by atoms with E-state index in [9.17, 15) is 9.59 Å². The second-order valence-electron chi connectivity index (χ2n) is 4.82. The lowest BCUT2D eigenvalue weighted by Crippen LogP contribution is -2.40. The molecule has 0 bridgehead atoms. The number of carbonyl (C=O) groups is 2. The first-order chi connectivity index (χ1) is 8.88. The molecule has 0 aliphatic rings. The van der Waals surface area contributed by atoms with E-state index in [0.717, 1.165) is 6.42 Å². The first-order valence-electron chi connectivity index (χ1n) is 6.70. The maximum atomic E-state index is 11.6. The first-order valence-corrected chi connectivity index (χ1v) is 6.70. The number of nitrogens with one attached hydrogen (secondary N) is 1. The van der Waals surface area contributed by atoms with Gasteiger partial charge >= 0.3 is 12.0 Å². The van der Waals surface area contributed by atoms with Crippen LogP contribution in [0.5, 0.6) is 0 Å². The Bertz CT molecular complexity index is 282. The Hall–Kier alpha value is -1.30. The van der Waals surface area contributed by atoms with Crippen LogP contribution in [0, 0.1) is 5.92 Å². The number of urea groups is 1.